The number of nitrogens with one attached hydrogen (secondary N) is 2. The van der Waals surface area contributed by atoms with Crippen LogP contribution in [0.15, 0.2) is 24.3 Å². The van der Waals surface area contributed by atoms with Gasteiger partial charge in [-0.1, -0.05) is 42.0 Å². The Morgan fingerprint density at radius 2 is 1.97 bits per heavy atom. The molecule has 2 heterocycles. The Bertz CT molecular complexity index is 929. The van der Waals surface area contributed by atoms with Crippen molar-refractivity contribution < 1.29 is 4.79 Å². The van der Waals surface area contributed by atoms with Gasteiger partial charge in [-0.15, -0.1) is 10.2 Å². The molecule has 2 N–H and O–H groups in total. The third-order valence-corrected chi connectivity index (χ3v) is 5.26. The molecule has 0 saturated carbocycles. The number of aryl methyl sites for hydroxylation is 2. The normalized spacial score (nSPS) is 12.1. The first-order chi connectivity index (χ1) is 14.0. The third-order valence-electron chi connectivity index (χ3n) is 5.26. The summed E-state index contributed by atoms with van der Waals surface area (Å²) in [6.45, 7) is 8.95. The van der Waals surface area contributed by atoms with E-state index in [4.69, 9.17) is 5.10 Å². The van der Waals surface area contributed by atoms with Crippen molar-refractivity contribution in [3.05, 3.63) is 58.2 Å². The van der Waals surface area contributed by atoms with Crippen molar-refractivity contribution >= 4 is 5.91 Å². The molecule has 8 nitrogen and oxygen atoms in total. The fourth-order valence-electron chi connectivity index (χ4n) is 3.44. The molecule has 0 aliphatic heterocycles. The maximum atomic E-state index is 12.5. The topological polar surface area (TPSA) is 101 Å². The molecule has 3 rings (SSSR count). The largest absolute Gasteiger partial charge is 0.353 e. The van der Waals surface area contributed by atoms with E-state index in [0.29, 0.717) is 25.1 Å². The first-order valence-corrected chi connectivity index (χ1v) is 10.1. The average molecular weight is 396 g/mol. The summed E-state index contributed by atoms with van der Waals surface area (Å²) in [4.78, 5) is 12.5. The minimum absolute atomic E-state index is 0.00607. The molecule has 0 saturated heterocycles. The molecule has 0 spiro atoms. The summed E-state index contributed by atoms with van der Waals surface area (Å²) < 4.78 is 2.03. The van der Waals surface area contributed by atoms with Gasteiger partial charge in [-0.05, 0) is 44.7 Å². The quantitative estimate of drug-likeness (QED) is 0.579. The Morgan fingerprint density at radius 1 is 1.21 bits per heavy atom. The monoisotopic (exact) mass is 395 g/mol. The molecule has 8 heteroatoms. The number of carbonyl (C=O) groups excluding carboxylic acids is 1. The van der Waals surface area contributed by atoms with Crippen molar-refractivity contribution in [2.75, 3.05) is 0 Å². The Labute approximate surface area is 171 Å². The SMILES string of the molecule is CCC(Cc1nn[nH]n1)NC(=O)CCc1c(C)nn(Cc2ccc(C)cc2)c1C. The molecular formula is C21H29N7O. The number of hydrogen-bond donors (Lipinski definition) is 2. The van der Waals surface area contributed by atoms with Crippen LogP contribution in [-0.2, 0) is 24.2 Å². The van der Waals surface area contributed by atoms with E-state index < -0.39 is 0 Å². The van der Waals surface area contributed by atoms with E-state index in [1.165, 1.54) is 11.1 Å². The lowest BCUT2D eigenvalue weighted by atomic mass is 10.1. The van der Waals surface area contributed by atoms with Gasteiger partial charge in [0.1, 0.15) is 0 Å². The zero-order valence-electron chi connectivity index (χ0n) is 17.6. The van der Waals surface area contributed by atoms with Crippen molar-refractivity contribution in [3.63, 3.8) is 0 Å². The molecule has 0 bridgehead atoms. The first-order valence-electron chi connectivity index (χ1n) is 10.1. The van der Waals surface area contributed by atoms with Crippen LogP contribution in [0.25, 0.3) is 0 Å². The fourth-order valence-corrected chi connectivity index (χ4v) is 3.44. The Morgan fingerprint density at radius 3 is 2.62 bits per heavy atom. The zero-order valence-corrected chi connectivity index (χ0v) is 17.6. The number of hydrogen-bond acceptors (Lipinski definition) is 5. The predicted molar refractivity (Wildman–Crippen MR) is 110 cm³/mol. The number of amides is 1. The Hall–Kier alpha value is -3.03. The molecule has 1 amide bonds. The number of tetrazole rings is 1. The van der Waals surface area contributed by atoms with Crippen molar-refractivity contribution in [3.8, 4) is 0 Å². The van der Waals surface area contributed by atoms with Crippen LogP contribution in [-0.4, -0.2) is 42.4 Å². The Kier molecular flexibility index (Phi) is 6.74. The molecule has 1 unspecified atom stereocenters. The second-order valence-corrected chi connectivity index (χ2v) is 7.50. The Balaban J connectivity index is 1.57. The van der Waals surface area contributed by atoms with E-state index in [2.05, 4.69) is 64.1 Å². The number of nitrogens with zero attached hydrogens (tertiary/aromatic N) is 5. The van der Waals surface area contributed by atoms with E-state index >= 15 is 0 Å². The molecule has 0 aliphatic rings. The second-order valence-electron chi connectivity index (χ2n) is 7.50. The van der Waals surface area contributed by atoms with Gasteiger partial charge in [0.25, 0.3) is 0 Å². The van der Waals surface area contributed by atoms with Gasteiger partial charge in [-0.3, -0.25) is 9.48 Å². The highest BCUT2D eigenvalue weighted by Gasteiger charge is 2.16. The van der Waals surface area contributed by atoms with E-state index in [1.807, 2.05) is 18.5 Å². The standard InChI is InChI=1S/C21H29N7O/c1-5-18(12-20-23-26-27-24-20)22-21(29)11-10-19-15(3)25-28(16(19)4)13-17-8-6-14(2)7-9-17/h6-9,18H,5,10-13H2,1-4H3,(H,22,29)(H,23,24,26,27). The molecule has 154 valence electrons. The molecule has 0 aliphatic carbocycles. The summed E-state index contributed by atoms with van der Waals surface area (Å²) in [5, 5.41) is 21.7. The zero-order chi connectivity index (χ0) is 20.8. The van der Waals surface area contributed by atoms with Crippen LogP contribution >= 0.6 is 0 Å². The maximum Gasteiger partial charge on any atom is 0.220 e. The summed E-state index contributed by atoms with van der Waals surface area (Å²) in [7, 11) is 0. The van der Waals surface area contributed by atoms with Crippen molar-refractivity contribution in [1.82, 2.24) is 35.7 Å². The lowest BCUT2D eigenvalue weighted by molar-refractivity contribution is -0.121. The van der Waals surface area contributed by atoms with Crippen molar-refractivity contribution in [2.24, 2.45) is 0 Å². The molecule has 0 radical (unpaired) electrons. The van der Waals surface area contributed by atoms with Gasteiger partial charge in [-0.25, -0.2) is 0 Å². The highest BCUT2D eigenvalue weighted by atomic mass is 16.1. The smallest absolute Gasteiger partial charge is 0.220 e. The number of aromatic amines is 1. The first kappa shape index (κ1) is 20.7. The molecule has 3 aromatic rings. The fraction of sp³-hybridized carbons (Fsp3) is 0.476. The molecular weight excluding hydrogens is 366 g/mol. The van der Waals surface area contributed by atoms with Crippen LogP contribution in [0.2, 0.25) is 0 Å². The van der Waals surface area contributed by atoms with Crippen LogP contribution in [0.4, 0.5) is 0 Å². The predicted octanol–water partition coefficient (Wildman–Crippen LogP) is 2.44. The molecule has 29 heavy (non-hydrogen) atoms. The number of rotatable bonds is 9. The summed E-state index contributed by atoms with van der Waals surface area (Å²) in [5.74, 6) is 0.645. The number of aromatic nitrogens is 6. The minimum Gasteiger partial charge on any atom is -0.353 e. The second kappa shape index (κ2) is 9.45. The highest BCUT2D eigenvalue weighted by molar-refractivity contribution is 5.76. The maximum absolute atomic E-state index is 12.5. The van der Waals surface area contributed by atoms with Gasteiger partial charge in [0.05, 0.1) is 12.2 Å². The van der Waals surface area contributed by atoms with Crippen LogP contribution < -0.4 is 5.32 Å². The number of H-pyrrole nitrogens is 1. The lowest BCUT2D eigenvalue weighted by Crippen LogP contribution is -2.36. The molecule has 1 aromatic carbocycles. The van der Waals surface area contributed by atoms with Gasteiger partial charge in [-0.2, -0.15) is 10.3 Å². The van der Waals surface area contributed by atoms with Crippen LogP contribution in [0, 0.1) is 20.8 Å². The van der Waals surface area contributed by atoms with Gasteiger partial charge >= 0.3 is 0 Å². The van der Waals surface area contributed by atoms with E-state index in [1.54, 1.807) is 0 Å². The van der Waals surface area contributed by atoms with Gasteiger partial charge in [0.2, 0.25) is 5.91 Å². The van der Waals surface area contributed by atoms with Crippen LogP contribution in [0.5, 0.6) is 0 Å². The number of benzene rings is 1. The molecule has 0 fully saturated rings. The summed E-state index contributed by atoms with van der Waals surface area (Å²) in [5.41, 5.74) is 5.73. The number of carbonyl (C=O) groups is 1. The van der Waals surface area contributed by atoms with E-state index in [0.717, 1.165) is 29.9 Å². The van der Waals surface area contributed by atoms with Gasteiger partial charge in [0, 0.05) is 24.6 Å². The van der Waals surface area contributed by atoms with E-state index in [9.17, 15) is 4.79 Å². The van der Waals surface area contributed by atoms with E-state index in [-0.39, 0.29) is 11.9 Å². The minimum atomic E-state index is 0.00607. The van der Waals surface area contributed by atoms with Crippen LogP contribution in [0.1, 0.15) is 53.7 Å². The average Bonchev–Trinajstić information content (AvgIpc) is 3.30. The van der Waals surface area contributed by atoms with Crippen molar-refractivity contribution in [2.45, 2.75) is 66.0 Å². The summed E-state index contributed by atoms with van der Waals surface area (Å²) >= 11 is 0. The third kappa shape index (κ3) is 5.49. The summed E-state index contributed by atoms with van der Waals surface area (Å²) in [6.07, 6.45) is 2.49. The molecule has 1 atom stereocenters. The molecule has 2 aromatic heterocycles. The van der Waals surface area contributed by atoms with Gasteiger partial charge in [0.15, 0.2) is 5.82 Å². The summed E-state index contributed by atoms with van der Waals surface area (Å²) in [6, 6.07) is 8.50. The van der Waals surface area contributed by atoms with Gasteiger partial charge < -0.3 is 5.32 Å². The van der Waals surface area contributed by atoms with Crippen LogP contribution in [0.3, 0.4) is 0 Å². The van der Waals surface area contributed by atoms with Crippen molar-refractivity contribution in [1.29, 1.82) is 0 Å². The highest BCUT2D eigenvalue weighted by Crippen LogP contribution is 2.17. The lowest BCUT2D eigenvalue weighted by Gasteiger charge is -2.15.